The monoisotopic (exact) mass is 379 g/mol. The van der Waals surface area contributed by atoms with Crippen molar-refractivity contribution in [2.24, 2.45) is 0 Å². The molecule has 1 saturated heterocycles. The quantitative estimate of drug-likeness (QED) is 0.649. The van der Waals surface area contributed by atoms with Gasteiger partial charge in [0.2, 0.25) is 11.8 Å². The van der Waals surface area contributed by atoms with E-state index in [1.54, 1.807) is 29.2 Å². The Bertz CT molecular complexity index is 993. The van der Waals surface area contributed by atoms with Gasteiger partial charge in [0.15, 0.2) is 5.13 Å². The third-order valence-corrected chi connectivity index (χ3v) is 5.56. The molecule has 0 bridgehead atoms. The van der Waals surface area contributed by atoms with Gasteiger partial charge in [0.05, 0.1) is 15.9 Å². The number of aromatic nitrogens is 1. The van der Waals surface area contributed by atoms with Crippen LogP contribution in [0.25, 0.3) is 10.2 Å². The van der Waals surface area contributed by atoms with Crippen molar-refractivity contribution in [3.63, 3.8) is 0 Å². The summed E-state index contributed by atoms with van der Waals surface area (Å²) in [5.74, 6) is -0.574. The number of imide groups is 1. The van der Waals surface area contributed by atoms with E-state index >= 15 is 0 Å². The zero-order valence-electron chi connectivity index (χ0n) is 14.7. The highest BCUT2D eigenvalue weighted by atomic mass is 32.1. The highest BCUT2D eigenvalue weighted by Gasteiger charge is 2.30. The average Bonchev–Trinajstić information content (AvgIpc) is 3.25. The molecule has 6 nitrogen and oxygen atoms in total. The van der Waals surface area contributed by atoms with Gasteiger partial charge in [-0.3, -0.25) is 24.2 Å². The fourth-order valence-corrected chi connectivity index (χ4v) is 4.14. The highest BCUT2D eigenvalue weighted by Crippen LogP contribution is 2.30. The van der Waals surface area contributed by atoms with Crippen molar-refractivity contribution in [3.05, 3.63) is 54.1 Å². The second-order valence-corrected chi connectivity index (χ2v) is 7.19. The fourth-order valence-electron chi connectivity index (χ4n) is 3.11. The molecular weight excluding hydrogens is 362 g/mol. The van der Waals surface area contributed by atoms with Crippen LogP contribution in [0.1, 0.15) is 30.1 Å². The molecule has 136 valence electrons. The highest BCUT2D eigenvalue weighted by molar-refractivity contribution is 7.22. The number of hydrogen-bond acceptors (Lipinski definition) is 5. The SMILES string of the molecule is CCN(C(=O)c1ccc(N2C(=O)CCC2=O)cc1)c1nc2ccccc2s1. The summed E-state index contributed by atoms with van der Waals surface area (Å²) >= 11 is 1.47. The Hall–Kier alpha value is -3.06. The summed E-state index contributed by atoms with van der Waals surface area (Å²) in [5.41, 5.74) is 1.85. The number of carbonyl (C=O) groups excluding carboxylic acids is 3. The number of anilines is 2. The zero-order chi connectivity index (χ0) is 19.0. The van der Waals surface area contributed by atoms with Crippen LogP contribution >= 0.6 is 11.3 Å². The fraction of sp³-hybridized carbons (Fsp3) is 0.200. The van der Waals surface area contributed by atoms with Crippen molar-refractivity contribution < 1.29 is 14.4 Å². The van der Waals surface area contributed by atoms with Crippen LogP contribution in [-0.2, 0) is 9.59 Å². The Balaban J connectivity index is 1.60. The van der Waals surface area contributed by atoms with Crippen molar-refractivity contribution in [1.82, 2.24) is 4.98 Å². The van der Waals surface area contributed by atoms with E-state index in [0.717, 1.165) is 10.2 Å². The van der Waals surface area contributed by atoms with E-state index in [9.17, 15) is 14.4 Å². The van der Waals surface area contributed by atoms with E-state index in [4.69, 9.17) is 0 Å². The third-order valence-electron chi connectivity index (χ3n) is 4.50. The van der Waals surface area contributed by atoms with Crippen LogP contribution in [0.4, 0.5) is 10.8 Å². The molecule has 1 fully saturated rings. The molecule has 0 atom stereocenters. The van der Waals surface area contributed by atoms with Crippen molar-refractivity contribution >= 4 is 50.1 Å². The van der Waals surface area contributed by atoms with Gasteiger partial charge in [0.25, 0.3) is 5.91 Å². The number of hydrogen-bond donors (Lipinski definition) is 0. The Labute approximate surface area is 160 Å². The van der Waals surface area contributed by atoms with Crippen LogP contribution in [0.3, 0.4) is 0 Å². The molecule has 7 heteroatoms. The maximum atomic E-state index is 13.0. The van der Waals surface area contributed by atoms with Crippen LogP contribution in [0.5, 0.6) is 0 Å². The number of amides is 3. The molecule has 2 heterocycles. The largest absolute Gasteiger partial charge is 0.284 e. The predicted molar refractivity (Wildman–Crippen MR) is 105 cm³/mol. The standard InChI is InChI=1S/C20H17N3O3S/c1-2-22(20-21-15-5-3-4-6-16(15)27-20)19(26)13-7-9-14(10-8-13)23-17(24)11-12-18(23)25/h3-10H,2,11-12H2,1H3. The molecule has 27 heavy (non-hydrogen) atoms. The lowest BCUT2D eigenvalue weighted by Gasteiger charge is -2.18. The molecule has 2 aromatic carbocycles. The molecule has 0 unspecified atom stereocenters. The summed E-state index contributed by atoms with van der Waals surface area (Å²) in [4.78, 5) is 44.0. The third kappa shape index (κ3) is 3.10. The number of fused-ring (bicyclic) bond motifs is 1. The molecule has 0 spiro atoms. The minimum atomic E-state index is -0.205. The average molecular weight is 379 g/mol. The Morgan fingerprint density at radius 2 is 1.74 bits per heavy atom. The minimum Gasteiger partial charge on any atom is -0.284 e. The van der Waals surface area contributed by atoms with Crippen molar-refractivity contribution in [2.75, 3.05) is 16.3 Å². The molecule has 4 rings (SSSR count). The summed E-state index contributed by atoms with van der Waals surface area (Å²) in [6.07, 6.45) is 0.474. The first kappa shape index (κ1) is 17.4. The van der Waals surface area contributed by atoms with E-state index in [2.05, 4.69) is 4.98 Å². The molecule has 1 aliphatic rings. The smallest absolute Gasteiger partial charge is 0.260 e. The van der Waals surface area contributed by atoms with Crippen LogP contribution < -0.4 is 9.80 Å². The first-order chi connectivity index (χ1) is 13.1. The minimum absolute atomic E-state index is 0.165. The number of nitrogens with zero attached hydrogens (tertiary/aromatic N) is 3. The molecule has 3 amide bonds. The Kier molecular flexibility index (Phi) is 4.45. The van der Waals surface area contributed by atoms with Crippen molar-refractivity contribution in [2.45, 2.75) is 19.8 Å². The van der Waals surface area contributed by atoms with Crippen molar-refractivity contribution in [1.29, 1.82) is 0 Å². The molecule has 0 radical (unpaired) electrons. The van der Waals surface area contributed by atoms with Gasteiger partial charge >= 0.3 is 0 Å². The van der Waals surface area contributed by atoms with Gasteiger partial charge in [-0.15, -0.1) is 0 Å². The van der Waals surface area contributed by atoms with Gasteiger partial charge in [-0.2, -0.15) is 0 Å². The Morgan fingerprint density at radius 1 is 1.07 bits per heavy atom. The lowest BCUT2D eigenvalue weighted by molar-refractivity contribution is -0.121. The van der Waals surface area contributed by atoms with Crippen LogP contribution in [-0.4, -0.2) is 29.3 Å². The van der Waals surface area contributed by atoms with E-state index in [1.165, 1.54) is 16.2 Å². The summed E-state index contributed by atoms with van der Waals surface area (Å²) in [6, 6.07) is 14.3. The number of benzene rings is 2. The lowest BCUT2D eigenvalue weighted by atomic mass is 10.1. The summed E-state index contributed by atoms with van der Waals surface area (Å²) in [6.45, 7) is 2.39. The van der Waals surface area contributed by atoms with Crippen LogP contribution in [0, 0.1) is 0 Å². The van der Waals surface area contributed by atoms with Gasteiger partial charge in [-0.05, 0) is 43.3 Å². The van der Waals surface area contributed by atoms with Gasteiger partial charge in [-0.1, -0.05) is 23.5 Å². The summed E-state index contributed by atoms with van der Waals surface area (Å²) in [5, 5.41) is 0.651. The number of rotatable bonds is 4. The molecule has 0 N–H and O–H groups in total. The zero-order valence-corrected chi connectivity index (χ0v) is 15.5. The second kappa shape index (κ2) is 6.92. The van der Waals surface area contributed by atoms with Gasteiger partial charge in [0, 0.05) is 24.9 Å². The van der Waals surface area contributed by atoms with E-state index in [-0.39, 0.29) is 30.6 Å². The number of thiazole rings is 1. The summed E-state index contributed by atoms with van der Waals surface area (Å²) < 4.78 is 1.03. The molecule has 1 aliphatic heterocycles. The maximum absolute atomic E-state index is 13.0. The molecular formula is C20H17N3O3S. The van der Waals surface area contributed by atoms with Crippen LogP contribution in [0.2, 0.25) is 0 Å². The summed E-state index contributed by atoms with van der Waals surface area (Å²) in [7, 11) is 0. The van der Waals surface area contributed by atoms with Gasteiger partial charge in [0.1, 0.15) is 0 Å². The lowest BCUT2D eigenvalue weighted by Crippen LogP contribution is -2.31. The first-order valence-electron chi connectivity index (χ1n) is 8.72. The Morgan fingerprint density at radius 3 is 2.37 bits per heavy atom. The predicted octanol–water partition coefficient (Wildman–Crippen LogP) is 3.62. The van der Waals surface area contributed by atoms with Crippen molar-refractivity contribution in [3.8, 4) is 0 Å². The van der Waals surface area contributed by atoms with E-state index in [1.807, 2.05) is 31.2 Å². The maximum Gasteiger partial charge on any atom is 0.260 e. The number of para-hydroxylation sites is 1. The van der Waals surface area contributed by atoms with Crippen LogP contribution in [0.15, 0.2) is 48.5 Å². The van der Waals surface area contributed by atoms with E-state index in [0.29, 0.717) is 22.9 Å². The first-order valence-corrected chi connectivity index (χ1v) is 9.53. The normalized spacial score (nSPS) is 14.2. The van der Waals surface area contributed by atoms with E-state index < -0.39 is 0 Å². The van der Waals surface area contributed by atoms with Gasteiger partial charge < -0.3 is 0 Å². The topological polar surface area (TPSA) is 70.6 Å². The molecule has 3 aromatic rings. The number of carbonyl (C=O) groups is 3. The molecule has 1 aromatic heterocycles. The molecule has 0 saturated carbocycles. The second-order valence-electron chi connectivity index (χ2n) is 6.18. The van der Waals surface area contributed by atoms with Gasteiger partial charge in [-0.25, -0.2) is 4.98 Å². The molecule has 0 aliphatic carbocycles.